The summed E-state index contributed by atoms with van der Waals surface area (Å²) in [5.74, 6) is -0.775. The van der Waals surface area contributed by atoms with Crippen LogP contribution in [0.25, 0.3) is 0 Å². The number of cyclic esters (lactones) is 2. The van der Waals surface area contributed by atoms with E-state index in [1.165, 1.54) is 0 Å². The monoisotopic (exact) mass is 278 g/mol. The predicted octanol–water partition coefficient (Wildman–Crippen LogP) is -0.102. The molecule has 112 valence electrons. The van der Waals surface area contributed by atoms with Crippen molar-refractivity contribution in [2.45, 2.75) is 19.3 Å². The minimum atomic E-state index is -0.388. The number of ether oxygens (including phenoxy) is 4. The first kappa shape index (κ1) is 18.0. The van der Waals surface area contributed by atoms with Crippen molar-refractivity contribution in [2.75, 3.05) is 46.8 Å². The van der Waals surface area contributed by atoms with Crippen LogP contribution in [-0.4, -0.2) is 63.8 Å². The van der Waals surface area contributed by atoms with E-state index in [0.29, 0.717) is 52.3 Å². The van der Waals surface area contributed by atoms with E-state index in [0.717, 1.165) is 0 Å². The number of methoxy groups -OCH3 is 1. The lowest BCUT2D eigenvalue weighted by molar-refractivity contribution is -0.163. The average Bonchev–Trinajstić information content (AvgIpc) is 2.38. The molecule has 1 fully saturated rings. The molecule has 1 heterocycles. The van der Waals surface area contributed by atoms with Gasteiger partial charge in [-0.05, 0) is 6.42 Å². The molecule has 19 heavy (non-hydrogen) atoms. The molecule has 1 N–H and O–H groups in total. The van der Waals surface area contributed by atoms with E-state index < -0.39 is 0 Å². The first-order valence-corrected chi connectivity index (χ1v) is 6.19. The van der Waals surface area contributed by atoms with Crippen molar-refractivity contribution in [2.24, 2.45) is 0 Å². The van der Waals surface area contributed by atoms with Crippen molar-refractivity contribution in [3.8, 4) is 0 Å². The zero-order valence-corrected chi connectivity index (χ0v) is 11.3. The number of aliphatic hydroxyl groups excluding tert-OH is 1. The fourth-order valence-corrected chi connectivity index (χ4v) is 1.13. The minimum Gasteiger partial charge on any atom is -0.394 e. The molecule has 0 unspecified atom stereocenters. The van der Waals surface area contributed by atoms with Gasteiger partial charge in [0.2, 0.25) is 0 Å². The molecule has 1 aliphatic rings. The number of hydrogen-bond acceptors (Lipinski definition) is 7. The Bertz CT molecular complexity index is 220. The number of aliphatic hydroxyl groups is 1. The topological polar surface area (TPSA) is 91.3 Å². The third kappa shape index (κ3) is 13.2. The Balaban J connectivity index is 0.000000356. The minimum absolute atomic E-state index is 0.0675. The van der Waals surface area contributed by atoms with Crippen LogP contribution in [0.15, 0.2) is 0 Å². The quantitative estimate of drug-likeness (QED) is 0.376. The van der Waals surface area contributed by atoms with Gasteiger partial charge < -0.3 is 24.1 Å². The van der Waals surface area contributed by atoms with Crippen molar-refractivity contribution in [1.82, 2.24) is 0 Å². The maximum atomic E-state index is 10.2. The molecule has 0 amide bonds. The molecule has 0 atom stereocenters. The van der Waals surface area contributed by atoms with Gasteiger partial charge in [0.05, 0.1) is 39.6 Å². The van der Waals surface area contributed by atoms with Gasteiger partial charge in [-0.25, -0.2) is 0 Å². The number of hydrogen-bond donors (Lipinski definition) is 1. The van der Waals surface area contributed by atoms with Crippen LogP contribution in [-0.2, 0) is 28.5 Å². The highest BCUT2D eigenvalue weighted by atomic mass is 16.6. The number of carbonyl (C=O) groups excluding carboxylic acids is 2. The van der Waals surface area contributed by atoms with Crippen molar-refractivity contribution >= 4 is 11.9 Å². The van der Waals surface area contributed by atoms with Gasteiger partial charge in [0, 0.05) is 20.0 Å². The Morgan fingerprint density at radius 1 is 1.00 bits per heavy atom. The van der Waals surface area contributed by atoms with Gasteiger partial charge in [-0.2, -0.15) is 0 Å². The molecule has 0 saturated carbocycles. The summed E-state index contributed by atoms with van der Waals surface area (Å²) in [5, 5.41) is 8.32. The SMILES string of the molecule is COCCOCCOCCO.O=C1CCCC(=O)O1. The van der Waals surface area contributed by atoms with Crippen LogP contribution in [0.4, 0.5) is 0 Å². The van der Waals surface area contributed by atoms with E-state index in [9.17, 15) is 9.59 Å². The lowest BCUT2D eigenvalue weighted by Crippen LogP contribution is -2.17. The van der Waals surface area contributed by atoms with Gasteiger partial charge in [-0.15, -0.1) is 0 Å². The second-order valence-electron chi connectivity index (χ2n) is 3.64. The van der Waals surface area contributed by atoms with E-state index in [1.54, 1.807) is 7.11 Å². The van der Waals surface area contributed by atoms with Gasteiger partial charge in [-0.3, -0.25) is 9.59 Å². The highest BCUT2D eigenvalue weighted by Crippen LogP contribution is 2.06. The first-order chi connectivity index (χ1) is 9.20. The van der Waals surface area contributed by atoms with Crippen LogP contribution >= 0.6 is 0 Å². The Labute approximate surface area is 112 Å². The number of rotatable bonds is 8. The summed E-state index contributed by atoms with van der Waals surface area (Å²) in [6.07, 6.45) is 1.44. The molecule has 0 aliphatic carbocycles. The fourth-order valence-electron chi connectivity index (χ4n) is 1.13. The average molecular weight is 278 g/mol. The van der Waals surface area contributed by atoms with Crippen molar-refractivity contribution < 1.29 is 33.6 Å². The maximum absolute atomic E-state index is 10.2. The Kier molecular flexibility index (Phi) is 12.7. The van der Waals surface area contributed by atoms with Crippen molar-refractivity contribution in [3.63, 3.8) is 0 Å². The maximum Gasteiger partial charge on any atom is 0.313 e. The molecule has 0 aromatic rings. The molecule has 7 nitrogen and oxygen atoms in total. The summed E-state index contributed by atoms with van der Waals surface area (Å²) in [4.78, 5) is 20.5. The van der Waals surface area contributed by atoms with Crippen LogP contribution < -0.4 is 0 Å². The van der Waals surface area contributed by atoms with Crippen molar-refractivity contribution in [3.05, 3.63) is 0 Å². The molecular weight excluding hydrogens is 256 g/mol. The van der Waals surface area contributed by atoms with Gasteiger partial charge >= 0.3 is 11.9 Å². The van der Waals surface area contributed by atoms with E-state index >= 15 is 0 Å². The van der Waals surface area contributed by atoms with Crippen LogP contribution in [0.3, 0.4) is 0 Å². The molecule has 0 aromatic carbocycles. The van der Waals surface area contributed by atoms with E-state index in [-0.39, 0.29) is 18.5 Å². The summed E-state index contributed by atoms with van der Waals surface area (Å²) in [6, 6.07) is 0. The van der Waals surface area contributed by atoms with Crippen LogP contribution in [0.5, 0.6) is 0 Å². The van der Waals surface area contributed by atoms with Gasteiger partial charge in [0.15, 0.2) is 0 Å². The molecule has 1 rings (SSSR count). The predicted molar refractivity (Wildman–Crippen MR) is 65.5 cm³/mol. The molecular formula is C12H22O7. The third-order valence-corrected chi connectivity index (χ3v) is 2.03. The smallest absolute Gasteiger partial charge is 0.313 e. The second-order valence-corrected chi connectivity index (χ2v) is 3.64. The van der Waals surface area contributed by atoms with Gasteiger partial charge in [0.1, 0.15) is 0 Å². The number of carbonyl (C=O) groups is 2. The van der Waals surface area contributed by atoms with E-state index in [2.05, 4.69) is 4.74 Å². The highest BCUT2D eigenvalue weighted by molar-refractivity contribution is 5.87. The zero-order chi connectivity index (χ0) is 14.3. The summed E-state index contributed by atoms with van der Waals surface area (Å²) < 4.78 is 19.0. The Morgan fingerprint density at radius 3 is 1.95 bits per heavy atom. The zero-order valence-electron chi connectivity index (χ0n) is 11.3. The second kappa shape index (κ2) is 13.4. The lowest BCUT2D eigenvalue weighted by atomic mass is 10.2. The normalized spacial score (nSPS) is 14.6. The number of esters is 2. The Morgan fingerprint density at radius 2 is 1.53 bits per heavy atom. The third-order valence-electron chi connectivity index (χ3n) is 2.03. The van der Waals surface area contributed by atoms with Crippen LogP contribution in [0, 0.1) is 0 Å². The molecule has 0 bridgehead atoms. The highest BCUT2D eigenvalue weighted by Gasteiger charge is 2.15. The van der Waals surface area contributed by atoms with E-state index in [4.69, 9.17) is 19.3 Å². The van der Waals surface area contributed by atoms with Crippen LogP contribution in [0.2, 0.25) is 0 Å². The molecule has 1 saturated heterocycles. The summed E-state index contributed by atoms with van der Waals surface area (Å²) in [5.41, 5.74) is 0. The molecule has 0 radical (unpaired) electrons. The summed E-state index contributed by atoms with van der Waals surface area (Å²) in [6.45, 7) is 2.75. The summed E-state index contributed by atoms with van der Waals surface area (Å²) >= 11 is 0. The van der Waals surface area contributed by atoms with Crippen molar-refractivity contribution in [1.29, 1.82) is 0 Å². The molecule has 0 aromatic heterocycles. The largest absolute Gasteiger partial charge is 0.394 e. The fraction of sp³-hybridized carbons (Fsp3) is 0.833. The molecule has 0 spiro atoms. The van der Waals surface area contributed by atoms with Gasteiger partial charge in [0.25, 0.3) is 0 Å². The summed E-state index contributed by atoms with van der Waals surface area (Å²) in [7, 11) is 1.63. The van der Waals surface area contributed by atoms with Gasteiger partial charge in [-0.1, -0.05) is 0 Å². The standard InChI is InChI=1S/C7H16O4.C5H6O3/c1-9-4-5-11-7-6-10-3-2-8;6-4-2-1-3-5(7)8-4/h8H,2-7H2,1H3;1-3H2. The Hall–Kier alpha value is -1.02. The van der Waals surface area contributed by atoms with Crippen LogP contribution in [0.1, 0.15) is 19.3 Å². The first-order valence-electron chi connectivity index (χ1n) is 6.19. The molecule has 7 heteroatoms. The lowest BCUT2D eigenvalue weighted by Gasteiger charge is -2.06. The molecule has 1 aliphatic heterocycles. The van der Waals surface area contributed by atoms with E-state index in [1.807, 2.05) is 0 Å².